The fourth-order valence-electron chi connectivity index (χ4n) is 3.07. The van der Waals surface area contributed by atoms with E-state index in [-0.39, 0.29) is 0 Å². The summed E-state index contributed by atoms with van der Waals surface area (Å²) in [5.41, 5.74) is 2.36. The van der Waals surface area contributed by atoms with Gasteiger partial charge in [0.25, 0.3) is 0 Å². The molecule has 2 heterocycles. The van der Waals surface area contributed by atoms with E-state index in [1.807, 2.05) is 24.3 Å². The second kappa shape index (κ2) is 5.85. The molecule has 0 saturated carbocycles. The van der Waals surface area contributed by atoms with Crippen LogP contribution >= 0.6 is 0 Å². The van der Waals surface area contributed by atoms with Crippen LogP contribution in [0.25, 0.3) is 10.9 Å². The second-order valence-electron chi connectivity index (χ2n) is 6.98. The van der Waals surface area contributed by atoms with Crippen molar-refractivity contribution >= 4 is 23.0 Å². The SMILES string of the molecule is COC(=O)[C@@H]1Cc2c([nH]c3ccccc23)CN1C(=O)OC(C)(C)C. The smallest absolute Gasteiger partial charge is 0.411 e. The summed E-state index contributed by atoms with van der Waals surface area (Å²) >= 11 is 0. The van der Waals surface area contributed by atoms with Crippen LogP contribution < -0.4 is 0 Å². The van der Waals surface area contributed by atoms with E-state index in [1.54, 1.807) is 20.8 Å². The number of nitrogens with zero attached hydrogens (tertiary/aromatic N) is 1. The molecule has 3 rings (SSSR count). The number of benzene rings is 1. The Bertz CT molecular complexity index is 788. The van der Waals surface area contributed by atoms with Gasteiger partial charge in [0.1, 0.15) is 11.6 Å². The molecule has 0 radical (unpaired) electrons. The Hall–Kier alpha value is -2.50. The van der Waals surface area contributed by atoms with Crippen molar-refractivity contribution < 1.29 is 19.1 Å². The Morgan fingerprint density at radius 2 is 1.96 bits per heavy atom. The number of rotatable bonds is 1. The van der Waals surface area contributed by atoms with Crippen molar-refractivity contribution in [2.24, 2.45) is 0 Å². The highest BCUT2D eigenvalue weighted by atomic mass is 16.6. The number of aromatic nitrogens is 1. The number of H-pyrrole nitrogens is 1. The van der Waals surface area contributed by atoms with E-state index >= 15 is 0 Å². The highest BCUT2D eigenvalue weighted by Gasteiger charge is 2.39. The number of carbonyl (C=O) groups excluding carboxylic acids is 2. The number of carbonyl (C=O) groups is 2. The Labute approximate surface area is 140 Å². The summed E-state index contributed by atoms with van der Waals surface area (Å²) in [5, 5.41) is 1.07. The van der Waals surface area contributed by atoms with Crippen LogP contribution in [0, 0.1) is 0 Å². The van der Waals surface area contributed by atoms with E-state index in [0.717, 1.165) is 22.2 Å². The van der Waals surface area contributed by atoms with Gasteiger partial charge in [-0.05, 0) is 32.4 Å². The number of esters is 1. The fourth-order valence-corrected chi connectivity index (χ4v) is 3.07. The molecule has 6 nitrogen and oxygen atoms in total. The number of nitrogens with one attached hydrogen (secondary N) is 1. The fraction of sp³-hybridized carbons (Fsp3) is 0.444. The average molecular weight is 330 g/mol. The van der Waals surface area contributed by atoms with Gasteiger partial charge in [-0.25, -0.2) is 9.59 Å². The first kappa shape index (κ1) is 16.4. The van der Waals surface area contributed by atoms with E-state index in [0.29, 0.717) is 13.0 Å². The maximum Gasteiger partial charge on any atom is 0.411 e. The van der Waals surface area contributed by atoms with Gasteiger partial charge in [-0.1, -0.05) is 18.2 Å². The van der Waals surface area contributed by atoms with E-state index in [9.17, 15) is 9.59 Å². The minimum atomic E-state index is -0.684. The molecule has 0 fully saturated rings. The quantitative estimate of drug-likeness (QED) is 0.816. The molecule has 128 valence electrons. The van der Waals surface area contributed by atoms with E-state index in [2.05, 4.69) is 4.98 Å². The molecular weight excluding hydrogens is 308 g/mol. The molecule has 0 spiro atoms. The molecular formula is C18H22N2O4. The van der Waals surface area contributed by atoms with Gasteiger partial charge >= 0.3 is 12.1 Å². The summed E-state index contributed by atoms with van der Waals surface area (Å²) in [7, 11) is 1.33. The lowest BCUT2D eigenvalue weighted by Gasteiger charge is -2.35. The normalized spacial score (nSPS) is 17.5. The Kier molecular flexibility index (Phi) is 3.99. The molecule has 0 aliphatic carbocycles. The van der Waals surface area contributed by atoms with Crippen molar-refractivity contribution in [3.63, 3.8) is 0 Å². The number of amides is 1. The maximum absolute atomic E-state index is 12.6. The van der Waals surface area contributed by atoms with Crippen LogP contribution in [-0.4, -0.2) is 40.7 Å². The van der Waals surface area contributed by atoms with Crippen LogP contribution in [0.15, 0.2) is 24.3 Å². The highest BCUT2D eigenvalue weighted by Crippen LogP contribution is 2.31. The zero-order valence-corrected chi connectivity index (χ0v) is 14.4. The summed E-state index contributed by atoms with van der Waals surface area (Å²) in [4.78, 5) is 29.6. The van der Waals surface area contributed by atoms with Gasteiger partial charge in [0.2, 0.25) is 0 Å². The molecule has 0 bridgehead atoms. The summed E-state index contributed by atoms with van der Waals surface area (Å²) in [6.07, 6.45) is -0.104. The van der Waals surface area contributed by atoms with Crippen molar-refractivity contribution in [3.05, 3.63) is 35.5 Å². The molecule has 1 aliphatic rings. The number of hydrogen-bond donors (Lipinski definition) is 1. The first-order valence-corrected chi connectivity index (χ1v) is 7.96. The van der Waals surface area contributed by atoms with E-state index < -0.39 is 23.7 Å². The monoisotopic (exact) mass is 330 g/mol. The highest BCUT2D eigenvalue weighted by molar-refractivity contribution is 5.88. The predicted molar refractivity (Wildman–Crippen MR) is 89.6 cm³/mol. The van der Waals surface area contributed by atoms with Gasteiger partial charge in [0, 0.05) is 23.0 Å². The minimum absolute atomic E-state index is 0.290. The summed E-state index contributed by atoms with van der Waals surface area (Å²) in [5.74, 6) is -0.434. The number of hydrogen-bond acceptors (Lipinski definition) is 4. The molecule has 1 amide bonds. The van der Waals surface area contributed by atoms with Crippen molar-refractivity contribution in [2.45, 2.75) is 45.4 Å². The van der Waals surface area contributed by atoms with Crippen LogP contribution in [0.5, 0.6) is 0 Å². The number of methoxy groups -OCH3 is 1. The van der Waals surface area contributed by atoms with Crippen molar-refractivity contribution in [1.29, 1.82) is 0 Å². The number of aromatic amines is 1. The molecule has 1 aromatic carbocycles. The van der Waals surface area contributed by atoms with Crippen molar-refractivity contribution in [2.75, 3.05) is 7.11 Å². The first-order valence-electron chi connectivity index (χ1n) is 7.96. The number of para-hydroxylation sites is 1. The molecule has 1 aromatic heterocycles. The van der Waals surface area contributed by atoms with Crippen LogP contribution in [0.3, 0.4) is 0 Å². The topological polar surface area (TPSA) is 71.6 Å². The van der Waals surface area contributed by atoms with Gasteiger partial charge in [0.15, 0.2) is 0 Å². The molecule has 0 saturated heterocycles. The number of fused-ring (bicyclic) bond motifs is 3. The van der Waals surface area contributed by atoms with Gasteiger partial charge in [-0.15, -0.1) is 0 Å². The predicted octanol–water partition coefficient (Wildman–Crippen LogP) is 3.00. The third-order valence-corrected chi connectivity index (χ3v) is 4.11. The van der Waals surface area contributed by atoms with Crippen LogP contribution in [0.4, 0.5) is 4.79 Å². The largest absolute Gasteiger partial charge is 0.467 e. The zero-order chi connectivity index (χ0) is 17.5. The van der Waals surface area contributed by atoms with Gasteiger partial charge in [0.05, 0.1) is 13.7 Å². The van der Waals surface area contributed by atoms with E-state index in [4.69, 9.17) is 9.47 Å². The summed E-state index contributed by atoms with van der Waals surface area (Å²) in [6, 6.07) is 7.23. The lowest BCUT2D eigenvalue weighted by molar-refractivity contribution is -0.147. The first-order chi connectivity index (χ1) is 11.3. The van der Waals surface area contributed by atoms with Gasteiger partial charge in [-0.2, -0.15) is 0 Å². The molecule has 1 atom stereocenters. The molecule has 1 aliphatic heterocycles. The molecule has 24 heavy (non-hydrogen) atoms. The summed E-state index contributed by atoms with van der Waals surface area (Å²) in [6.45, 7) is 5.70. The average Bonchev–Trinajstić information content (AvgIpc) is 2.89. The van der Waals surface area contributed by atoms with Gasteiger partial charge in [-0.3, -0.25) is 4.90 Å². The maximum atomic E-state index is 12.6. The second-order valence-corrected chi connectivity index (χ2v) is 6.98. The molecule has 6 heteroatoms. The van der Waals surface area contributed by atoms with Crippen LogP contribution in [0.2, 0.25) is 0 Å². The Balaban J connectivity index is 1.99. The van der Waals surface area contributed by atoms with Crippen molar-refractivity contribution in [3.8, 4) is 0 Å². The third kappa shape index (κ3) is 2.96. The Morgan fingerprint density at radius 1 is 1.25 bits per heavy atom. The minimum Gasteiger partial charge on any atom is -0.467 e. The lowest BCUT2D eigenvalue weighted by atomic mass is 9.97. The molecule has 0 unspecified atom stereocenters. The Morgan fingerprint density at radius 3 is 2.62 bits per heavy atom. The lowest BCUT2D eigenvalue weighted by Crippen LogP contribution is -2.50. The van der Waals surface area contributed by atoms with Crippen LogP contribution in [-0.2, 0) is 27.2 Å². The molecule has 2 aromatic rings. The number of ether oxygens (including phenoxy) is 2. The van der Waals surface area contributed by atoms with E-state index in [1.165, 1.54) is 12.0 Å². The standard InChI is InChI=1S/C18H22N2O4/c1-18(2,3)24-17(22)20-10-14-12(9-15(20)16(21)23-4)11-7-5-6-8-13(11)19-14/h5-8,15,19H,9-10H2,1-4H3/t15-/m0/s1. The summed E-state index contributed by atoms with van der Waals surface area (Å²) < 4.78 is 10.4. The van der Waals surface area contributed by atoms with Crippen LogP contribution in [0.1, 0.15) is 32.0 Å². The molecule has 1 N–H and O–H groups in total. The third-order valence-electron chi connectivity index (χ3n) is 4.11. The van der Waals surface area contributed by atoms with Crippen molar-refractivity contribution in [1.82, 2.24) is 9.88 Å². The van der Waals surface area contributed by atoms with Gasteiger partial charge < -0.3 is 14.5 Å². The zero-order valence-electron chi connectivity index (χ0n) is 14.4.